The van der Waals surface area contributed by atoms with Gasteiger partial charge in [-0.25, -0.2) is 0 Å². The zero-order valence-corrected chi connectivity index (χ0v) is 9.00. The maximum Gasteiger partial charge on any atom is 0.310 e. The van der Waals surface area contributed by atoms with Crippen molar-refractivity contribution in [3.8, 4) is 0 Å². The molecule has 14 heavy (non-hydrogen) atoms. The van der Waals surface area contributed by atoms with E-state index in [-0.39, 0.29) is 11.9 Å². The van der Waals surface area contributed by atoms with E-state index in [2.05, 4.69) is 4.90 Å². The summed E-state index contributed by atoms with van der Waals surface area (Å²) < 4.78 is 5.05. The number of nitrogens with zero attached hydrogens (tertiary/aromatic N) is 1. The Labute approximate surface area is 89.4 Å². The molecule has 2 aliphatic heterocycles. The smallest absolute Gasteiger partial charge is 0.310 e. The third-order valence-electron chi connectivity index (χ3n) is 3.16. The van der Waals surface area contributed by atoms with Gasteiger partial charge in [0.2, 0.25) is 0 Å². The van der Waals surface area contributed by atoms with Gasteiger partial charge in [0.15, 0.2) is 0 Å². The highest BCUT2D eigenvalue weighted by Crippen LogP contribution is 2.30. The van der Waals surface area contributed by atoms with Crippen LogP contribution < -0.4 is 0 Å². The maximum absolute atomic E-state index is 11.4. The van der Waals surface area contributed by atoms with Crippen LogP contribution in [0.2, 0.25) is 0 Å². The largest absolute Gasteiger partial charge is 0.465 e. The van der Waals surface area contributed by atoms with Gasteiger partial charge in [0.05, 0.1) is 12.5 Å². The van der Waals surface area contributed by atoms with E-state index >= 15 is 0 Å². The normalized spacial score (nSPS) is 32.8. The van der Waals surface area contributed by atoms with Crippen molar-refractivity contribution in [2.45, 2.75) is 12.8 Å². The Morgan fingerprint density at radius 2 is 2.36 bits per heavy atom. The summed E-state index contributed by atoms with van der Waals surface area (Å²) >= 11 is 5.64. The van der Waals surface area contributed by atoms with Gasteiger partial charge in [0.25, 0.3) is 0 Å². The monoisotopic (exact) mass is 217 g/mol. The highest BCUT2D eigenvalue weighted by molar-refractivity contribution is 6.17. The number of fused-ring (bicyclic) bond motifs is 1. The predicted molar refractivity (Wildman–Crippen MR) is 54.3 cm³/mol. The Kier molecular flexibility index (Phi) is 3.29. The van der Waals surface area contributed by atoms with Gasteiger partial charge in [0, 0.05) is 19.0 Å². The molecule has 0 bridgehead atoms. The SMILES string of the molecule is O=C1OCC[C@H]2CN(CCCCl)C[C@H]12. The van der Waals surface area contributed by atoms with Crippen LogP contribution in [-0.4, -0.2) is 43.0 Å². The van der Waals surface area contributed by atoms with E-state index in [0.29, 0.717) is 18.4 Å². The predicted octanol–water partition coefficient (Wildman–Crippen LogP) is 1.11. The van der Waals surface area contributed by atoms with Crippen LogP contribution in [0.15, 0.2) is 0 Å². The Balaban J connectivity index is 1.87. The van der Waals surface area contributed by atoms with Gasteiger partial charge >= 0.3 is 5.97 Å². The van der Waals surface area contributed by atoms with Crippen molar-refractivity contribution in [1.82, 2.24) is 4.90 Å². The third-order valence-corrected chi connectivity index (χ3v) is 3.43. The van der Waals surface area contributed by atoms with Gasteiger partial charge < -0.3 is 9.64 Å². The lowest BCUT2D eigenvalue weighted by Crippen LogP contribution is -2.31. The topological polar surface area (TPSA) is 29.5 Å². The fourth-order valence-electron chi connectivity index (χ4n) is 2.40. The number of halogens is 1. The van der Waals surface area contributed by atoms with Crippen molar-refractivity contribution in [2.24, 2.45) is 11.8 Å². The van der Waals surface area contributed by atoms with E-state index in [1.807, 2.05) is 0 Å². The number of cyclic esters (lactones) is 1. The number of rotatable bonds is 3. The lowest BCUT2D eigenvalue weighted by molar-refractivity contribution is -0.154. The first kappa shape index (κ1) is 10.2. The maximum atomic E-state index is 11.4. The van der Waals surface area contributed by atoms with Crippen LogP contribution in [0.5, 0.6) is 0 Å². The molecular formula is C10H16ClNO2. The van der Waals surface area contributed by atoms with E-state index in [0.717, 1.165) is 32.5 Å². The van der Waals surface area contributed by atoms with Crippen LogP contribution in [0.4, 0.5) is 0 Å². The molecule has 2 atom stereocenters. The lowest BCUT2D eigenvalue weighted by Gasteiger charge is -2.22. The van der Waals surface area contributed by atoms with Crippen LogP contribution in [0.1, 0.15) is 12.8 Å². The Hall–Kier alpha value is -0.280. The zero-order chi connectivity index (χ0) is 9.97. The fraction of sp³-hybridized carbons (Fsp3) is 0.900. The molecule has 0 unspecified atom stereocenters. The molecule has 0 N–H and O–H groups in total. The number of alkyl halides is 1. The molecule has 0 aromatic carbocycles. The second kappa shape index (κ2) is 4.49. The number of ether oxygens (including phenoxy) is 1. The molecule has 2 heterocycles. The minimum absolute atomic E-state index is 0.00891. The van der Waals surface area contributed by atoms with Crippen molar-refractivity contribution in [1.29, 1.82) is 0 Å². The minimum Gasteiger partial charge on any atom is -0.465 e. The molecule has 2 saturated heterocycles. The first-order valence-electron chi connectivity index (χ1n) is 5.26. The number of carbonyl (C=O) groups is 1. The number of hydrogen-bond donors (Lipinski definition) is 0. The van der Waals surface area contributed by atoms with Crippen molar-refractivity contribution in [2.75, 3.05) is 32.1 Å². The summed E-state index contributed by atoms with van der Waals surface area (Å²) in [5, 5.41) is 0. The van der Waals surface area contributed by atoms with Gasteiger partial charge in [-0.15, -0.1) is 11.6 Å². The minimum atomic E-state index is 0.00891. The van der Waals surface area contributed by atoms with E-state index in [4.69, 9.17) is 16.3 Å². The van der Waals surface area contributed by atoms with E-state index in [1.165, 1.54) is 0 Å². The second-order valence-electron chi connectivity index (χ2n) is 4.12. The number of carbonyl (C=O) groups excluding carboxylic acids is 1. The van der Waals surface area contributed by atoms with Gasteiger partial charge in [-0.2, -0.15) is 0 Å². The molecule has 2 fully saturated rings. The Morgan fingerprint density at radius 3 is 3.07 bits per heavy atom. The average molecular weight is 218 g/mol. The van der Waals surface area contributed by atoms with Crippen molar-refractivity contribution in [3.05, 3.63) is 0 Å². The van der Waals surface area contributed by atoms with Crippen LogP contribution in [0.25, 0.3) is 0 Å². The highest BCUT2D eigenvalue weighted by Gasteiger charge is 2.40. The van der Waals surface area contributed by atoms with E-state index in [1.54, 1.807) is 0 Å². The molecular weight excluding hydrogens is 202 g/mol. The first-order valence-corrected chi connectivity index (χ1v) is 5.79. The molecule has 0 aromatic heterocycles. The third kappa shape index (κ3) is 2.04. The zero-order valence-electron chi connectivity index (χ0n) is 8.25. The van der Waals surface area contributed by atoms with Crippen molar-refractivity contribution < 1.29 is 9.53 Å². The molecule has 0 radical (unpaired) electrons. The Bertz CT molecular complexity index is 222. The van der Waals surface area contributed by atoms with Crippen molar-refractivity contribution >= 4 is 17.6 Å². The molecule has 0 saturated carbocycles. The average Bonchev–Trinajstić information content (AvgIpc) is 2.59. The molecule has 0 amide bonds. The molecule has 2 aliphatic rings. The van der Waals surface area contributed by atoms with Crippen LogP contribution in [0, 0.1) is 11.8 Å². The molecule has 80 valence electrons. The summed E-state index contributed by atoms with van der Waals surface area (Å²) in [5.41, 5.74) is 0. The van der Waals surface area contributed by atoms with Gasteiger partial charge in [-0.3, -0.25) is 4.79 Å². The Morgan fingerprint density at radius 1 is 1.50 bits per heavy atom. The standard InChI is InChI=1S/C10H16ClNO2/c11-3-1-4-12-6-8-2-5-14-10(13)9(8)7-12/h8-9H,1-7H2/t8-,9-/m0/s1. The van der Waals surface area contributed by atoms with Gasteiger partial charge in [0.1, 0.15) is 0 Å². The highest BCUT2D eigenvalue weighted by atomic mass is 35.5. The van der Waals surface area contributed by atoms with Crippen LogP contribution in [-0.2, 0) is 9.53 Å². The van der Waals surface area contributed by atoms with Crippen molar-refractivity contribution in [3.63, 3.8) is 0 Å². The number of esters is 1. The summed E-state index contributed by atoms with van der Waals surface area (Å²) in [6, 6.07) is 0. The summed E-state index contributed by atoms with van der Waals surface area (Å²) in [4.78, 5) is 13.8. The summed E-state index contributed by atoms with van der Waals surface area (Å²) in [6.45, 7) is 3.56. The number of likely N-dealkylation sites (tertiary alicyclic amines) is 1. The van der Waals surface area contributed by atoms with Crippen LogP contribution in [0.3, 0.4) is 0 Å². The lowest BCUT2D eigenvalue weighted by atomic mass is 9.91. The second-order valence-corrected chi connectivity index (χ2v) is 4.50. The summed E-state index contributed by atoms with van der Waals surface area (Å²) in [6.07, 6.45) is 2.05. The van der Waals surface area contributed by atoms with E-state index in [9.17, 15) is 4.79 Å². The van der Waals surface area contributed by atoms with E-state index < -0.39 is 0 Å². The summed E-state index contributed by atoms with van der Waals surface area (Å²) in [7, 11) is 0. The molecule has 3 nitrogen and oxygen atoms in total. The molecule has 0 aromatic rings. The quantitative estimate of drug-likeness (QED) is 0.524. The summed E-state index contributed by atoms with van der Waals surface area (Å²) in [5.74, 6) is 1.39. The first-order chi connectivity index (χ1) is 6.81. The van der Waals surface area contributed by atoms with Gasteiger partial charge in [-0.1, -0.05) is 0 Å². The molecule has 2 rings (SSSR count). The molecule has 0 aliphatic carbocycles. The fourth-order valence-corrected chi connectivity index (χ4v) is 2.52. The van der Waals surface area contributed by atoms with Gasteiger partial charge in [-0.05, 0) is 25.3 Å². The van der Waals surface area contributed by atoms with Crippen LogP contribution >= 0.6 is 11.6 Å². The molecule has 4 heteroatoms. The molecule has 0 spiro atoms. The number of hydrogen-bond acceptors (Lipinski definition) is 3.